The average molecular weight is 464 g/mol. The molecule has 2 atom stereocenters. The predicted molar refractivity (Wildman–Crippen MR) is 130 cm³/mol. The summed E-state index contributed by atoms with van der Waals surface area (Å²) in [6, 6.07) is 13.3. The molecular formula is C24H31Cl2N3O2. The van der Waals surface area contributed by atoms with E-state index in [1.165, 1.54) is 0 Å². The van der Waals surface area contributed by atoms with Crippen LogP contribution in [0.5, 0.6) is 0 Å². The minimum absolute atomic E-state index is 0. The third-order valence-corrected chi connectivity index (χ3v) is 5.74. The van der Waals surface area contributed by atoms with Crippen molar-refractivity contribution in [3.63, 3.8) is 0 Å². The number of H-pyrrole nitrogens is 1. The number of carbonyl (C=O) groups is 1. The van der Waals surface area contributed by atoms with Crippen LogP contribution < -0.4 is 5.32 Å². The maximum absolute atomic E-state index is 12.8. The summed E-state index contributed by atoms with van der Waals surface area (Å²) in [5.41, 5.74) is 3.54. The number of hydrogen-bond donors (Lipinski definition) is 3. The highest BCUT2D eigenvalue weighted by molar-refractivity contribution is 6.30. The molecule has 3 aromatic rings. The number of carbonyl (C=O) groups excluding carboxylic acids is 1. The lowest BCUT2D eigenvalue weighted by Gasteiger charge is -2.19. The number of nitrogens with zero attached hydrogens (tertiary/aromatic N) is 1. The van der Waals surface area contributed by atoms with Gasteiger partial charge in [0.2, 0.25) is 0 Å². The van der Waals surface area contributed by atoms with E-state index in [-0.39, 0.29) is 24.4 Å². The fraction of sp³-hybridized carbons (Fsp3) is 0.375. The molecule has 1 heterocycles. The number of benzene rings is 2. The van der Waals surface area contributed by atoms with Crippen LogP contribution in [-0.4, -0.2) is 46.6 Å². The van der Waals surface area contributed by atoms with Crippen LogP contribution in [0.2, 0.25) is 5.02 Å². The molecular weight excluding hydrogens is 433 g/mol. The first-order valence-electron chi connectivity index (χ1n) is 10.5. The first kappa shape index (κ1) is 25.2. The number of hydrogen-bond acceptors (Lipinski definition) is 3. The van der Waals surface area contributed by atoms with Gasteiger partial charge in [-0.05, 0) is 56.5 Å². The first-order chi connectivity index (χ1) is 14.4. The molecule has 168 valence electrons. The number of para-hydroxylation sites is 1. The summed E-state index contributed by atoms with van der Waals surface area (Å²) in [7, 11) is 0. The zero-order valence-corrected chi connectivity index (χ0v) is 19.8. The van der Waals surface area contributed by atoms with Crippen LogP contribution in [0.4, 0.5) is 0 Å². The summed E-state index contributed by atoms with van der Waals surface area (Å²) >= 11 is 6.01. The summed E-state index contributed by atoms with van der Waals surface area (Å²) in [5.74, 6) is 0.0508. The minimum Gasteiger partial charge on any atom is -0.387 e. The van der Waals surface area contributed by atoms with Gasteiger partial charge in [-0.3, -0.25) is 4.79 Å². The highest BCUT2D eigenvalue weighted by atomic mass is 35.5. The summed E-state index contributed by atoms with van der Waals surface area (Å²) in [4.78, 5) is 18.0. The van der Waals surface area contributed by atoms with Crippen LogP contribution in [0.1, 0.15) is 48.4 Å². The van der Waals surface area contributed by atoms with Gasteiger partial charge in [-0.15, -0.1) is 12.4 Å². The molecule has 2 aromatic carbocycles. The summed E-state index contributed by atoms with van der Waals surface area (Å²) in [6.07, 6.45) is 2.15. The van der Waals surface area contributed by atoms with Gasteiger partial charge in [0.15, 0.2) is 0 Å². The van der Waals surface area contributed by atoms with Gasteiger partial charge in [-0.2, -0.15) is 0 Å². The lowest BCUT2D eigenvalue weighted by Crippen LogP contribution is -2.32. The van der Waals surface area contributed by atoms with E-state index in [1.54, 1.807) is 12.1 Å². The molecule has 31 heavy (non-hydrogen) atoms. The second-order valence-electron chi connectivity index (χ2n) is 7.60. The first-order valence-corrected chi connectivity index (χ1v) is 10.9. The molecule has 0 unspecified atom stereocenters. The Hall–Kier alpha value is -2.05. The van der Waals surface area contributed by atoms with E-state index >= 15 is 0 Å². The molecule has 0 saturated carbocycles. The van der Waals surface area contributed by atoms with Crippen LogP contribution in [-0.2, 0) is 6.42 Å². The number of aliphatic hydroxyl groups excluding tert-OH is 1. The van der Waals surface area contributed by atoms with E-state index in [9.17, 15) is 9.90 Å². The van der Waals surface area contributed by atoms with Crippen LogP contribution in [0, 0.1) is 0 Å². The van der Waals surface area contributed by atoms with E-state index < -0.39 is 6.10 Å². The Morgan fingerprint density at radius 2 is 1.90 bits per heavy atom. The van der Waals surface area contributed by atoms with Crippen molar-refractivity contribution in [1.82, 2.24) is 15.2 Å². The Morgan fingerprint density at radius 1 is 1.19 bits per heavy atom. The highest BCUT2D eigenvalue weighted by Crippen LogP contribution is 2.24. The Bertz CT molecular complexity index is 1000. The van der Waals surface area contributed by atoms with Crippen molar-refractivity contribution in [3.05, 3.63) is 70.4 Å². The number of halogens is 2. The molecule has 3 N–H and O–H groups in total. The van der Waals surface area contributed by atoms with E-state index in [4.69, 9.17) is 11.6 Å². The molecule has 0 saturated heterocycles. The van der Waals surface area contributed by atoms with Gasteiger partial charge in [-0.1, -0.05) is 35.9 Å². The second kappa shape index (κ2) is 11.5. The average Bonchev–Trinajstić information content (AvgIpc) is 3.15. The van der Waals surface area contributed by atoms with Gasteiger partial charge < -0.3 is 20.3 Å². The van der Waals surface area contributed by atoms with Crippen molar-refractivity contribution in [3.8, 4) is 0 Å². The SMILES string of the molecule is CCN(CC)C(=O)c1cccc2c(C[C@@H](C)NC[C@H](O)c3cccc(Cl)c3)c[nH]c12.Cl. The minimum atomic E-state index is -0.618. The maximum Gasteiger partial charge on any atom is 0.255 e. The Labute approximate surface area is 195 Å². The Morgan fingerprint density at radius 3 is 2.58 bits per heavy atom. The van der Waals surface area contributed by atoms with E-state index in [0.717, 1.165) is 28.5 Å². The number of aromatic nitrogens is 1. The molecule has 0 aliphatic heterocycles. The van der Waals surface area contributed by atoms with Crippen LogP contribution in [0.25, 0.3) is 10.9 Å². The molecule has 7 heteroatoms. The van der Waals surface area contributed by atoms with Gasteiger partial charge >= 0.3 is 0 Å². The van der Waals surface area contributed by atoms with Crippen molar-refractivity contribution in [2.24, 2.45) is 0 Å². The third kappa shape index (κ3) is 6.01. The Kier molecular flexibility index (Phi) is 9.38. The summed E-state index contributed by atoms with van der Waals surface area (Å²) in [6.45, 7) is 7.90. The smallest absolute Gasteiger partial charge is 0.255 e. The lowest BCUT2D eigenvalue weighted by molar-refractivity contribution is 0.0775. The molecule has 0 spiro atoms. The number of nitrogens with one attached hydrogen (secondary N) is 2. The van der Waals surface area contributed by atoms with Gasteiger partial charge in [0, 0.05) is 42.3 Å². The van der Waals surface area contributed by atoms with Crippen LogP contribution in [0.3, 0.4) is 0 Å². The quantitative estimate of drug-likeness (QED) is 0.419. The van der Waals surface area contributed by atoms with Crippen molar-refractivity contribution in [2.45, 2.75) is 39.3 Å². The topological polar surface area (TPSA) is 68.4 Å². The molecule has 0 fully saturated rings. The summed E-state index contributed by atoms with van der Waals surface area (Å²) < 4.78 is 0. The lowest BCUT2D eigenvalue weighted by atomic mass is 10.0. The van der Waals surface area contributed by atoms with Crippen LogP contribution >= 0.6 is 24.0 Å². The van der Waals surface area contributed by atoms with Crippen molar-refractivity contribution in [1.29, 1.82) is 0 Å². The van der Waals surface area contributed by atoms with Gasteiger partial charge in [0.05, 0.1) is 17.2 Å². The van der Waals surface area contributed by atoms with Gasteiger partial charge in [0.1, 0.15) is 0 Å². The largest absolute Gasteiger partial charge is 0.387 e. The third-order valence-electron chi connectivity index (χ3n) is 5.50. The van der Waals surface area contributed by atoms with E-state index in [1.807, 2.05) is 55.3 Å². The Balaban J connectivity index is 0.00000341. The highest BCUT2D eigenvalue weighted by Gasteiger charge is 2.18. The maximum atomic E-state index is 12.8. The normalized spacial score (nSPS) is 12.9. The molecule has 0 aliphatic carbocycles. The fourth-order valence-corrected chi connectivity index (χ4v) is 3.99. The number of aliphatic hydroxyl groups is 1. The molecule has 0 radical (unpaired) electrons. The summed E-state index contributed by atoms with van der Waals surface area (Å²) in [5, 5.41) is 15.5. The van der Waals surface area contributed by atoms with Gasteiger partial charge in [-0.25, -0.2) is 0 Å². The molecule has 3 rings (SSSR count). The molecule has 0 aliphatic rings. The number of aromatic amines is 1. The zero-order chi connectivity index (χ0) is 21.7. The monoisotopic (exact) mass is 463 g/mol. The molecule has 1 amide bonds. The van der Waals surface area contributed by atoms with E-state index in [0.29, 0.717) is 30.2 Å². The van der Waals surface area contributed by atoms with Crippen molar-refractivity contribution < 1.29 is 9.90 Å². The number of fused-ring (bicyclic) bond motifs is 1. The van der Waals surface area contributed by atoms with Gasteiger partial charge in [0.25, 0.3) is 5.91 Å². The number of amides is 1. The zero-order valence-electron chi connectivity index (χ0n) is 18.2. The van der Waals surface area contributed by atoms with Crippen molar-refractivity contribution >= 4 is 40.8 Å². The second-order valence-corrected chi connectivity index (χ2v) is 8.04. The van der Waals surface area contributed by atoms with Crippen molar-refractivity contribution in [2.75, 3.05) is 19.6 Å². The predicted octanol–water partition coefficient (Wildman–Crippen LogP) is 4.98. The molecule has 5 nitrogen and oxygen atoms in total. The van der Waals surface area contributed by atoms with Crippen LogP contribution in [0.15, 0.2) is 48.7 Å². The molecule has 1 aromatic heterocycles. The number of rotatable bonds is 9. The standard InChI is InChI=1S/C24H30ClN3O2.ClH/c1-4-28(5-2)24(30)21-11-7-10-20-18(14-27-23(20)21)12-16(3)26-15-22(29)17-8-6-9-19(25)13-17;/h6-11,13-14,16,22,26-27,29H,4-5,12,15H2,1-3H3;1H/t16-,22+;/m1./s1. The van der Waals surface area contributed by atoms with E-state index in [2.05, 4.69) is 17.2 Å². The molecule has 0 bridgehead atoms. The fourth-order valence-electron chi connectivity index (χ4n) is 3.79.